The Morgan fingerprint density at radius 2 is 1.61 bits per heavy atom. The molecule has 9 heteroatoms. The summed E-state index contributed by atoms with van der Waals surface area (Å²) < 4.78 is 20.6. The number of halogens is 3. The SMILES string of the molecule is COCOc1ccc(Cl)nc1.COCOc1cnc(Cl)cc1I. The van der Waals surface area contributed by atoms with Crippen molar-refractivity contribution in [2.24, 2.45) is 0 Å². The first kappa shape index (κ1) is 20.2. The van der Waals surface area contributed by atoms with Crippen LogP contribution < -0.4 is 9.47 Å². The van der Waals surface area contributed by atoms with Crippen LogP contribution in [-0.4, -0.2) is 37.8 Å². The topological polar surface area (TPSA) is 62.7 Å². The lowest BCUT2D eigenvalue weighted by Gasteiger charge is -2.05. The molecule has 0 unspecified atom stereocenters. The van der Waals surface area contributed by atoms with Gasteiger partial charge in [0.05, 0.1) is 16.0 Å². The van der Waals surface area contributed by atoms with Gasteiger partial charge in [0.25, 0.3) is 0 Å². The van der Waals surface area contributed by atoms with E-state index in [0.717, 1.165) is 3.57 Å². The zero-order chi connectivity index (χ0) is 17.1. The molecule has 0 radical (unpaired) electrons. The molecule has 0 aliphatic rings. The Balaban J connectivity index is 0.000000231. The van der Waals surface area contributed by atoms with E-state index in [2.05, 4.69) is 32.6 Å². The van der Waals surface area contributed by atoms with Crippen molar-refractivity contribution in [3.05, 3.63) is 44.5 Å². The molecule has 2 heterocycles. The van der Waals surface area contributed by atoms with E-state index in [0.29, 0.717) is 21.8 Å². The molecule has 0 bridgehead atoms. The van der Waals surface area contributed by atoms with Crippen molar-refractivity contribution in [1.29, 1.82) is 0 Å². The van der Waals surface area contributed by atoms with Crippen molar-refractivity contribution in [3.8, 4) is 11.5 Å². The van der Waals surface area contributed by atoms with E-state index >= 15 is 0 Å². The lowest BCUT2D eigenvalue weighted by molar-refractivity contribution is 0.0502. The van der Waals surface area contributed by atoms with Crippen LogP contribution in [0.5, 0.6) is 11.5 Å². The van der Waals surface area contributed by atoms with Crippen molar-refractivity contribution in [2.75, 3.05) is 27.8 Å². The normalized spacial score (nSPS) is 9.78. The largest absolute Gasteiger partial charge is 0.466 e. The molecule has 6 nitrogen and oxygen atoms in total. The molecule has 0 fully saturated rings. The quantitative estimate of drug-likeness (QED) is 0.359. The van der Waals surface area contributed by atoms with Gasteiger partial charge in [0.2, 0.25) is 0 Å². The van der Waals surface area contributed by atoms with E-state index in [1.54, 1.807) is 44.8 Å². The highest BCUT2D eigenvalue weighted by Gasteiger charge is 2.01. The molecule has 2 rings (SSSR count). The fourth-order valence-corrected chi connectivity index (χ4v) is 2.24. The second-order valence-corrected chi connectivity index (χ2v) is 5.79. The van der Waals surface area contributed by atoms with Crippen LogP contribution in [0.15, 0.2) is 30.6 Å². The van der Waals surface area contributed by atoms with Gasteiger partial charge in [-0.2, -0.15) is 0 Å². The van der Waals surface area contributed by atoms with E-state index < -0.39 is 0 Å². The molecular weight excluding hydrogens is 458 g/mol. The van der Waals surface area contributed by atoms with Crippen LogP contribution >= 0.6 is 45.8 Å². The smallest absolute Gasteiger partial charge is 0.188 e. The Morgan fingerprint density at radius 3 is 2.17 bits per heavy atom. The fraction of sp³-hybridized carbons (Fsp3) is 0.286. The number of nitrogens with zero attached hydrogens (tertiary/aromatic N) is 2. The molecule has 0 aliphatic carbocycles. The summed E-state index contributed by atoms with van der Waals surface area (Å²) in [4.78, 5) is 7.69. The summed E-state index contributed by atoms with van der Waals surface area (Å²) in [5.74, 6) is 1.33. The van der Waals surface area contributed by atoms with Crippen LogP contribution in [0.2, 0.25) is 10.3 Å². The zero-order valence-corrected chi connectivity index (χ0v) is 16.1. The molecule has 23 heavy (non-hydrogen) atoms. The Bertz CT molecular complexity index is 587. The van der Waals surface area contributed by atoms with Crippen LogP contribution in [0.4, 0.5) is 0 Å². The van der Waals surface area contributed by atoms with Crippen molar-refractivity contribution in [1.82, 2.24) is 9.97 Å². The molecule has 0 saturated heterocycles. The highest BCUT2D eigenvalue weighted by Crippen LogP contribution is 2.21. The summed E-state index contributed by atoms with van der Waals surface area (Å²) in [7, 11) is 3.12. The first-order valence-electron chi connectivity index (χ1n) is 6.23. The van der Waals surface area contributed by atoms with Gasteiger partial charge in [-0.05, 0) is 40.8 Å². The van der Waals surface area contributed by atoms with Crippen LogP contribution in [0.1, 0.15) is 0 Å². The minimum Gasteiger partial charge on any atom is -0.466 e. The van der Waals surface area contributed by atoms with Gasteiger partial charge in [-0.15, -0.1) is 0 Å². The first-order chi connectivity index (χ1) is 11.1. The van der Waals surface area contributed by atoms with Gasteiger partial charge in [0, 0.05) is 14.2 Å². The number of aromatic nitrogens is 2. The van der Waals surface area contributed by atoms with Crippen LogP contribution in [0, 0.1) is 3.57 Å². The molecule has 0 N–H and O–H groups in total. The van der Waals surface area contributed by atoms with Gasteiger partial charge in [-0.25, -0.2) is 9.97 Å². The van der Waals surface area contributed by atoms with Gasteiger partial charge in [-0.1, -0.05) is 23.2 Å². The number of hydrogen-bond acceptors (Lipinski definition) is 6. The Labute approximate surface area is 158 Å². The van der Waals surface area contributed by atoms with Crippen molar-refractivity contribution in [2.45, 2.75) is 0 Å². The molecule has 2 aromatic heterocycles. The molecule has 126 valence electrons. The lowest BCUT2D eigenvalue weighted by Crippen LogP contribution is -2.00. The van der Waals surface area contributed by atoms with E-state index in [-0.39, 0.29) is 13.6 Å². The standard InChI is InChI=1S/C7H7ClINO2.C7H8ClNO2/c1-11-4-12-6-3-10-7(8)2-5(6)9;1-10-5-11-6-2-3-7(8)9-4-6/h2-3H,4H2,1H3;2-4H,5H2,1H3. The average molecular weight is 473 g/mol. The lowest BCUT2D eigenvalue weighted by atomic mass is 10.5. The average Bonchev–Trinajstić information content (AvgIpc) is 2.54. The monoisotopic (exact) mass is 472 g/mol. The van der Waals surface area contributed by atoms with E-state index in [1.807, 2.05) is 0 Å². The van der Waals surface area contributed by atoms with Gasteiger partial charge in [0.15, 0.2) is 19.3 Å². The van der Waals surface area contributed by atoms with E-state index in [1.165, 1.54) is 0 Å². The summed E-state index contributed by atoms with van der Waals surface area (Å²) >= 11 is 13.3. The molecule has 0 amide bonds. The van der Waals surface area contributed by atoms with Gasteiger partial charge in [0.1, 0.15) is 16.1 Å². The Kier molecular flexibility index (Phi) is 10.2. The zero-order valence-electron chi connectivity index (χ0n) is 12.5. The predicted octanol–water partition coefficient (Wildman–Crippen LogP) is 4.04. The number of ether oxygens (including phenoxy) is 4. The van der Waals surface area contributed by atoms with E-state index in [4.69, 9.17) is 42.1 Å². The first-order valence-corrected chi connectivity index (χ1v) is 8.06. The van der Waals surface area contributed by atoms with Gasteiger partial charge >= 0.3 is 0 Å². The number of hydrogen-bond donors (Lipinski definition) is 0. The van der Waals surface area contributed by atoms with Crippen LogP contribution in [0.25, 0.3) is 0 Å². The summed E-state index contributed by atoms with van der Waals surface area (Å²) in [5, 5.41) is 0.916. The van der Waals surface area contributed by atoms with Crippen LogP contribution in [-0.2, 0) is 9.47 Å². The minimum atomic E-state index is 0.222. The van der Waals surface area contributed by atoms with Crippen molar-refractivity contribution < 1.29 is 18.9 Å². The van der Waals surface area contributed by atoms with Gasteiger partial charge in [-0.3, -0.25) is 0 Å². The molecule has 0 saturated carbocycles. The summed E-state index contributed by atoms with van der Waals surface area (Å²) in [6.07, 6.45) is 3.12. The predicted molar refractivity (Wildman–Crippen MR) is 96.2 cm³/mol. The summed E-state index contributed by atoms with van der Waals surface area (Å²) in [5.41, 5.74) is 0. The maximum atomic E-state index is 5.65. The number of pyridine rings is 2. The highest BCUT2D eigenvalue weighted by atomic mass is 127. The Morgan fingerprint density at radius 1 is 0.957 bits per heavy atom. The highest BCUT2D eigenvalue weighted by molar-refractivity contribution is 14.1. The third-order valence-electron chi connectivity index (χ3n) is 2.16. The molecule has 0 aliphatic heterocycles. The fourth-order valence-electron chi connectivity index (χ4n) is 1.20. The molecule has 0 spiro atoms. The molecular formula is C14H15Cl2IN2O4. The maximum absolute atomic E-state index is 5.65. The summed E-state index contributed by atoms with van der Waals surface area (Å²) in [6.45, 7) is 0.447. The Hall–Kier alpha value is -0.870. The second-order valence-electron chi connectivity index (χ2n) is 3.86. The van der Waals surface area contributed by atoms with Crippen LogP contribution in [0.3, 0.4) is 0 Å². The maximum Gasteiger partial charge on any atom is 0.188 e. The third-order valence-corrected chi connectivity index (χ3v) is 3.44. The number of rotatable bonds is 6. The third kappa shape index (κ3) is 8.52. The van der Waals surface area contributed by atoms with Crippen molar-refractivity contribution >= 4 is 45.8 Å². The minimum absolute atomic E-state index is 0.222. The number of methoxy groups -OCH3 is 2. The second kappa shape index (κ2) is 11.6. The van der Waals surface area contributed by atoms with Crippen molar-refractivity contribution in [3.63, 3.8) is 0 Å². The molecule has 0 aromatic carbocycles. The van der Waals surface area contributed by atoms with E-state index in [9.17, 15) is 0 Å². The van der Waals surface area contributed by atoms with Gasteiger partial charge < -0.3 is 18.9 Å². The molecule has 2 aromatic rings. The molecule has 0 atom stereocenters. The summed E-state index contributed by atoms with van der Waals surface area (Å²) in [6, 6.07) is 5.12.